The molecule has 0 saturated heterocycles. The van der Waals surface area contributed by atoms with E-state index in [-0.39, 0.29) is 16.5 Å². The van der Waals surface area contributed by atoms with Gasteiger partial charge in [-0.3, -0.25) is 20.1 Å². The molecule has 0 saturated carbocycles. The normalized spacial score (nSPS) is 13.5. The quantitative estimate of drug-likeness (QED) is 0.424. The first-order chi connectivity index (χ1) is 17.5. The Morgan fingerprint density at radius 3 is 2.56 bits per heavy atom. The van der Waals surface area contributed by atoms with Crippen LogP contribution in [0.15, 0.2) is 77.6 Å². The van der Waals surface area contributed by atoms with Crippen molar-refractivity contribution in [3.63, 3.8) is 0 Å². The Kier molecular flexibility index (Phi) is 6.46. The third-order valence-electron chi connectivity index (χ3n) is 5.44. The van der Waals surface area contributed by atoms with E-state index in [1.807, 2.05) is 43.3 Å². The van der Waals surface area contributed by atoms with Gasteiger partial charge in [0.15, 0.2) is 22.8 Å². The Balaban J connectivity index is 1.53. The van der Waals surface area contributed by atoms with Crippen molar-refractivity contribution in [3.8, 4) is 16.6 Å². The number of rotatable bonds is 6. The summed E-state index contributed by atoms with van der Waals surface area (Å²) >= 11 is 1.24. The summed E-state index contributed by atoms with van der Waals surface area (Å²) in [6.45, 7) is 2.74. The van der Waals surface area contributed by atoms with E-state index in [0.717, 1.165) is 11.1 Å². The van der Waals surface area contributed by atoms with Crippen molar-refractivity contribution in [3.05, 3.63) is 110 Å². The zero-order valence-electron chi connectivity index (χ0n) is 19.4. The maximum atomic E-state index is 12.8. The number of nitrogens with zero attached hydrogens (tertiary/aromatic N) is 2. The zero-order valence-corrected chi connectivity index (χ0v) is 20.2. The molecule has 0 atom stereocenters. The molecule has 1 aliphatic carbocycles. The summed E-state index contributed by atoms with van der Waals surface area (Å²) < 4.78 is 13.9. The second kappa shape index (κ2) is 10.0. The van der Waals surface area contributed by atoms with Crippen molar-refractivity contribution in [2.45, 2.75) is 13.5 Å². The van der Waals surface area contributed by atoms with Crippen molar-refractivity contribution >= 4 is 28.8 Å². The molecule has 180 valence electrons. The highest BCUT2D eigenvalue weighted by molar-refractivity contribution is 7.11. The molecule has 2 aromatic carbocycles. The van der Waals surface area contributed by atoms with Gasteiger partial charge in [-0.15, -0.1) is 0 Å². The molecule has 2 aliphatic heterocycles. The summed E-state index contributed by atoms with van der Waals surface area (Å²) in [5.74, 6) is 1.05. The minimum atomic E-state index is -0.501. The maximum Gasteiger partial charge on any atom is 0.283 e. The molecule has 2 heterocycles. The second-order valence-corrected chi connectivity index (χ2v) is 8.90. The molecule has 0 amide bonds. The fraction of sp³-hybridized carbons (Fsp3) is 0.111. The first-order valence-corrected chi connectivity index (χ1v) is 12.1. The van der Waals surface area contributed by atoms with Crippen molar-refractivity contribution in [1.82, 2.24) is 14.8 Å². The van der Waals surface area contributed by atoms with Gasteiger partial charge in [-0.05, 0) is 60.6 Å². The highest BCUT2D eigenvalue weighted by atomic mass is 32.1. The van der Waals surface area contributed by atoms with Crippen LogP contribution in [0.3, 0.4) is 0 Å². The van der Waals surface area contributed by atoms with E-state index in [1.54, 1.807) is 30.4 Å². The van der Waals surface area contributed by atoms with Gasteiger partial charge < -0.3 is 9.47 Å². The molecule has 36 heavy (non-hydrogen) atoms. The van der Waals surface area contributed by atoms with Gasteiger partial charge in [-0.2, -0.15) is 4.98 Å². The van der Waals surface area contributed by atoms with Gasteiger partial charge in [0.05, 0.1) is 11.8 Å². The third kappa shape index (κ3) is 4.82. The van der Waals surface area contributed by atoms with Gasteiger partial charge in [0, 0.05) is 5.57 Å². The predicted octanol–water partition coefficient (Wildman–Crippen LogP) is 2.19. The molecule has 0 unspecified atom stereocenters. The summed E-state index contributed by atoms with van der Waals surface area (Å²) in [7, 11) is 0. The lowest BCUT2D eigenvalue weighted by atomic mass is 10.1. The van der Waals surface area contributed by atoms with E-state index in [9.17, 15) is 9.59 Å². The number of allylic oxidation sites excluding steroid dienone is 4. The lowest BCUT2D eigenvalue weighted by Gasteiger charge is -2.12. The van der Waals surface area contributed by atoms with Crippen LogP contribution < -0.4 is 30.4 Å². The summed E-state index contributed by atoms with van der Waals surface area (Å²) in [5, 5.41) is 12.3. The van der Waals surface area contributed by atoms with E-state index in [0.29, 0.717) is 40.1 Å². The molecule has 0 spiro atoms. The molecule has 3 aliphatic rings. The van der Waals surface area contributed by atoms with E-state index in [1.165, 1.54) is 28.2 Å². The number of aromatic nitrogens is 3. The molecular weight excluding hydrogens is 476 g/mol. The highest BCUT2D eigenvalue weighted by Crippen LogP contribution is 2.29. The Bertz CT molecular complexity index is 1690. The smallest absolute Gasteiger partial charge is 0.283 e. The molecular formula is C27H22N4O4S. The highest BCUT2D eigenvalue weighted by Gasteiger charge is 2.13. The summed E-state index contributed by atoms with van der Waals surface area (Å²) in [6, 6.07) is 15.2. The number of benzene rings is 2. The number of hydrogen-bond acceptors (Lipinski definition) is 7. The number of carbonyl (C=O) groups excluding carboxylic acids is 1. The van der Waals surface area contributed by atoms with Crippen LogP contribution in [0.4, 0.5) is 0 Å². The Labute approximate surface area is 209 Å². The van der Waals surface area contributed by atoms with Crippen LogP contribution in [0.5, 0.6) is 11.5 Å². The van der Waals surface area contributed by atoms with Crippen LogP contribution in [0.1, 0.15) is 18.1 Å². The van der Waals surface area contributed by atoms with Gasteiger partial charge in [-0.25, -0.2) is 4.68 Å². The minimum Gasteiger partial charge on any atom is -0.490 e. The van der Waals surface area contributed by atoms with Gasteiger partial charge in [0.1, 0.15) is 11.3 Å². The lowest BCUT2D eigenvalue weighted by Crippen LogP contribution is -2.47. The van der Waals surface area contributed by atoms with Crippen molar-refractivity contribution in [2.24, 2.45) is 0 Å². The molecule has 8 nitrogen and oxygen atoms in total. The third-order valence-corrected chi connectivity index (χ3v) is 6.42. The summed E-state index contributed by atoms with van der Waals surface area (Å²) in [6.07, 6.45) is 7.93. The largest absolute Gasteiger partial charge is 0.490 e. The van der Waals surface area contributed by atoms with Crippen LogP contribution in [0.25, 0.3) is 16.8 Å². The van der Waals surface area contributed by atoms with E-state index >= 15 is 0 Å². The van der Waals surface area contributed by atoms with Crippen molar-refractivity contribution < 1.29 is 14.3 Å². The molecule has 9 heteroatoms. The number of carbonyl (C=O) groups is 1. The van der Waals surface area contributed by atoms with Crippen molar-refractivity contribution in [1.29, 1.82) is 5.41 Å². The SMILES string of the molecule is CCOc1cc(/C=c2/c(=O)nc3sc(=C4C=CC(=O)C=C4)[nH]n-3c2=N)ccc1OCc1ccccc1. The Morgan fingerprint density at radius 2 is 1.81 bits per heavy atom. The lowest BCUT2D eigenvalue weighted by molar-refractivity contribution is -0.110. The van der Waals surface area contributed by atoms with Crippen LogP contribution in [0.2, 0.25) is 0 Å². The minimum absolute atomic E-state index is 0.0182. The number of H-pyrrole nitrogens is 1. The second-order valence-electron chi connectivity index (χ2n) is 7.92. The van der Waals surface area contributed by atoms with Crippen LogP contribution >= 0.6 is 11.3 Å². The first-order valence-electron chi connectivity index (χ1n) is 11.3. The van der Waals surface area contributed by atoms with E-state index < -0.39 is 5.56 Å². The summed E-state index contributed by atoms with van der Waals surface area (Å²) in [4.78, 5) is 28.4. The Morgan fingerprint density at radius 1 is 1.03 bits per heavy atom. The number of hydrogen-bond donors (Lipinski definition) is 2. The Hall–Kier alpha value is -4.50. The number of fused-ring (bicyclic) bond motifs is 1. The standard InChI is InChI=1S/C27H22N4O4S/c1-2-34-23-15-18(8-13-22(23)35-16-17-6-4-3-5-7-17)14-21-24(28)31-27(29-25(21)33)36-26(30-31)19-9-11-20(32)12-10-19/h3-15,28,30H,2,16H2,1H3/b21-14+,28-24?. The molecule has 0 bridgehead atoms. The number of ether oxygens (including phenoxy) is 2. The van der Waals surface area contributed by atoms with Gasteiger partial charge in [0.2, 0.25) is 5.13 Å². The molecule has 5 rings (SSSR count). The number of nitrogens with one attached hydrogen (secondary N) is 2. The monoisotopic (exact) mass is 498 g/mol. The summed E-state index contributed by atoms with van der Waals surface area (Å²) in [5.41, 5.74) is 1.97. The van der Waals surface area contributed by atoms with E-state index in [4.69, 9.17) is 14.9 Å². The molecule has 0 fully saturated rings. The molecule has 0 aromatic heterocycles. The molecule has 2 aromatic rings. The van der Waals surface area contributed by atoms with Gasteiger partial charge >= 0.3 is 0 Å². The molecule has 0 radical (unpaired) electrons. The maximum absolute atomic E-state index is 12.8. The molecule has 2 N–H and O–H groups in total. The first kappa shape index (κ1) is 23.3. The van der Waals surface area contributed by atoms with Gasteiger partial charge in [-0.1, -0.05) is 47.7 Å². The van der Waals surface area contributed by atoms with Gasteiger partial charge in [0.25, 0.3) is 5.56 Å². The number of ketones is 1. The van der Waals surface area contributed by atoms with E-state index in [2.05, 4.69) is 10.1 Å². The van der Waals surface area contributed by atoms with Crippen molar-refractivity contribution in [2.75, 3.05) is 6.61 Å². The number of aromatic amines is 1. The average molecular weight is 499 g/mol. The predicted molar refractivity (Wildman–Crippen MR) is 137 cm³/mol. The van der Waals surface area contributed by atoms with Crippen LogP contribution in [-0.2, 0) is 11.4 Å². The van der Waals surface area contributed by atoms with Crippen LogP contribution in [-0.4, -0.2) is 27.2 Å². The van der Waals surface area contributed by atoms with Crippen LogP contribution in [0, 0.1) is 5.41 Å². The fourth-order valence-electron chi connectivity index (χ4n) is 3.67. The average Bonchev–Trinajstić information content (AvgIpc) is 3.31. The zero-order chi connectivity index (χ0) is 25.1. The topological polar surface area (TPSA) is 110 Å². The fourth-order valence-corrected chi connectivity index (χ4v) is 4.60.